The largest absolute Gasteiger partial charge is 0.386 e. The minimum atomic E-state index is 0.724. The van der Waals surface area contributed by atoms with E-state index in [4.69, 9.17) is 0 Å². The first-order chi connectivity index (χ1) is 7.40. The van der Waals surface area contributed by atoms with E-state index in [1.807, 2.05) is 24.1 Å². The average Bonchev–Trinajstić information content (AvgIpc) is 2.30. The summed E-state index contributed by atoms with van der Waals surface area (Å²) in [5.74, 6) is 0.724. The molecule has 0 aliphatic carbocycles. The van der Waals surface area contributed by atoms with Crippen molar-refractivity contribution in [2.45, 2.75) is 0 Å². The molecule has 4 heteroatoms. The molecule has 3 rings (SSSR count). The van der Waals surface area contributed by atoms with E-state index in [2.05, 4.69) is 27.5 Å². The van der Waals surface area contributed by atoms with Crippen LogP contribution < -0.4 is 5.32 Å². The first kappa shape index (κ1) is 8.23. The van der Waals surface area contributed by atoms with Gasteiger partial charge in [-0.15, -0.1) is 0 Å². The normalized spacial score (nSPS) is 21.3. The monoisotopic (exact) mass is 198 g/mol. The number of hydrogen-bond donors (Lipinski definition) is 1. The SMILES string of the molecule is CNC1=CC=C2C=CN=C3N=CC=C1N23. The number of nitrogens with one attached hydrogen (secondary N) is 1. The molecular formula is C11H10N4. The van der Waals surface area contributed by atoms with Crippen molar-refractivity contribution in [3.05, 3.63) is 47.6 Å². The second-order valence-electron chi connectivity index (χ2n) is 3.33. The predicted octanol–water partition coefficient (Wildman–Crippen LogP) is 1.14. The summed E-state index contributed by atoms with van der Waals surface area (Å²) >= 11 is 0. The Hall–Kier alpha value is -2.10. The zero-order chi connectivity index (χ0) is 10.3. The van der Waals surface area contributed by atoms with E-state index >= 15 is 0 Å². The minimum absolute atomic E-state index is 0.724. The Kier molecular flexibility index (Phi) is 1.62. The van der Waals surface area contributed by atoms with Gasteiger partial charge in [0.25, 0.3) is 0 Å². The number of likely N-dealkylation sites (N-methyl/N-ethyl adjacent to an activating group) is 1. The van der Waals surface area contributed by atoms with E-state index in [1.165, 1.54) is 0 Å². The van der Waals surface area contributed by atoms with Crippen LogP contribution >= 0.6 is 0 Å². The molecule has 0 radical (unpaired) electrons. The van der Waals surface area contributed by atoms with Crippen molar-refractivity contribution in [1.82, 2.24) is 10.2 Å². The third-order valence-electron chi connectivity index (χ3n) is 2.52. The highest BCUT2D eigenvalue weighted by molar-refractivity contribution is 5.98. The molecular weight excluding hydrogens is 188 g/mol. The maximum Gasteiger partial charge on any atom is 0.234 e. The van der Waals surface area contributed by atoms with Crippen molar-refractivity contribution in [2.75, 3.05) is 7.05 Å². The molecule has 0 aromatic carbocycles. The third kappa shape index (κ3) is 1.08. The van der Waals surface area contributed by atoms with Gasteiger partial charge in [0, 0.05) is 19.5 Å². The summed E-state index contributed by atoms with van der Waals surface area (Å²) < 4.78 is 0. The lowest BCUT2D eigenvalue weighted by Crippen LogP contribution is -2.36. The molecule has 0 saturated heterocycles. The van der Waals surface area contributed by atoms with Crippen LogP contribution in [0.5, 0.6) is 0 Å². The van der Waals surface area contributed by atoms with Gasteiger partial charge in [0.1, 0.15) is 0 Å². The molecule has 0 saturated carbocycles. The first-order valence-electron chi connectivity index (χ1n) is 4.79. The van der Waals surface area contributed by atoms with E-state index in [9.17, 15) is 0 Å². The molecule has 0 bridgehead atoms. The number of guanidine groups is 1. The van der Waals surface area contributed by atoms with E-state index in [0.29, 0.717) is 0 Å². The fourth-order valence-electron chi connectivity index (χ4n) is 1.82. The molecule has 1 N–H and O–H groups in total. The molecule has 0 fully saturated rings. The number of nitrogens with zero attached hydrogens (tertiary/aromatic N) is 3. The highest BCUT2D eigenvalue weighted by Gasteiger charge is 2.26. The molecule has 0 unspecified atom stereocenters. The molecule has 3 heterocycles. The summed E-state index contributed by atoms with van der Waals surface area (Å²) in [6.07, 6.45) is 11.6. The molecule has 15 heavy (non-hydrogen) atoms. The first-order valence-corrected chi connectivity index (χ1v) is 4.79. The van der Waals surface area contributed by atoms with Gasteiger partial charge in [-0.1, -0.05) is 0 Å². The molecule has 0 spiro atoms. The zero-order valence-corrected chi connectivity index (χ0v) is 8.31. The molecule has 3 aliphatic rings. The van der Waals surface area contributed by atoms with Crippen molar-refractivity contribution < 1.29 is 0 Å². The van der Waals surface area contributed by atoms with Crippen molar-refractivity contribution in [2.24, 2.45) is 9.98 Å². The highest BCUT2D eigenvalue weighted by atomic mass is 15.3. The van der Waals surface area contributed by atoms with Gasteiger partial charge in [-0.3, -0.25) is 4.90 Å². The number of rotatable bonds is 1. The predicted molar refractivity (Wildman–Crippen MR) is 60.2 cm³/mol. The lowest BCUT2D eigenvalue weighted by molar-refractivity contribution is 0.619. The molecule has 0 aromatic rings. The van der Waals surface area contributed by atoms with Crippen LogP contribution in [0.1, 0.15) is 0 Å². The highest BCUT2D eigenvalue weighted by Crippen LogP contribution is 2.29. The van der Waals surface area contributed by atoms with Crippen LogP contribution in [-0.4, -0.2) is 24.1 Å². The molecule has 4 nitrogen and oxygen atoms in total. The number of aliphatic imine (C=N–C) groups is 2. The van der Waals surface area contributed by atoms with E-state index in [-0.39, 0.29) is 0 Å². The summed E-state index contributed by atoms with van der Waals surface area (Å²) in [6, 6.07) is 0. The van der Waals surface area contributed by atoms with Crippen LogP contribution in [0, 0.1) is 0 Å². The van der Waals surface area contributed by atoms with E-state index in [0.717, 1.165) is 23.1 Å². The summed E-state index contributed by atoms with van der Waals surface area (Å²) in [5.41, 5.74) is 3.27. The zero-order valence-electron chi connectivity index (χ0n) is 8.31. The van der Waals surface area contributed by atoms with Crippen LogP contribution in [0.15, 0.2) is 57.6 Å². The maximum atomic E-state index is 4.23. The minimum Gasteiger partial charge on any atom is -0.386 e. The molecule has 0 atom stereocenters. The maximum absolute atomic E-state index is 4.23. The standard InChI is InChI=1S/C11H10N4/c1-12-9-3-2-8-4-6-13-11-14-7-5-10(9)15(8)11/h2-7,12H,1H3. The Morgan fingerprint density at radius 1 is 1.27 bits per heavy atom. The van der Waals surface area contributed by atoms with Gasteiger partial charge in [0.05, 0.1) is 17.1 Å². The molecule has 0 aromatic heterocycles. The number of allylic oxidation sites excluding steroid dienone is 4. The Morgan fingerprint density at radius 2 is 2.20 bits per heavy atom. The number of hydrogen-bond acceptors (Lipinski definition) is 4. The summed E-state index contributed by atoms with van der Waals surface area (Å²) in [6.45, 7) is 0. The van der Waals surface area contributed by atoms with Gasteiger partial charge in [-0.25, -0.2) is 9.98 Å². The smallest absolute Gasteiger partial charge is 0.234 e. The van der Waals surface area contributed by atoms with Crippen LogP contribution in [0.3, 0.4) is 0 Å². The lowest BCUT2D eigenvalue weighted by atomic mass is 10.1. The van der Waals surface area contributed by atoms with Crippen LogP contribution in [0.25, 0.3) is 0 Å². The second kappa shape index (κ2) is 2.95. The van der Waals surface area contributed by atoms with E-state index < -0.39 is 0 Å². The fourth-order valence-corrected chi connectivity index (χ4v) is 1.82. The van der Waals surface area contributed by atoms with Crippen LogP contribution in [0.4, 0.5) is 0 Å². The Labute approximate surface area is 87.7 Å². The molecule has 0 amide bonds. The van der Waals surface area contributed by atoms with Gasteiger partial charge in [-0.05, 0) is 24.3 Å². The van der Waals surface area contributed by atoms with E-state index in [1.54, 1.807) is 12.4 Å². The lowest BCUT2D eigenvalue weighted by Gasteiger charge is -2.33. The Bertz CT molecular complexity index is 489. The third-order valence-corrected chi connectivity index (χ3v) is 2.52. The quantitative estimate of drug-likeness (QED) is 0.686. The van der Waals surface area contributed by atoms with Gasteiger partial charge in [0.2, 0.25) is 5.96 Å². The average molecular weight is 198 g/mol. The van der Waals surface area contributed by atoms with Crippen molar-refractivity contribution in [3.63, 3.8) is 0 Å². The summed E-state index contributed by atoms with van der Waals surface area (Å²) in [5, 5.41) is 3.16. The van der Waals surface area contributed by atoms with Gasteiger partial charge < -0.3 is 5.32 Å². The van der Waals surface area contributed by atoms with Crippen LogP contribution in [0.2, 0.25) is 0 Å². The van der Waals surface area contributed by atoms with Crippen molar-refractivity contribution in [3.8, 4) is 0 Å². The van der Waals surface area contributed by atoms with Gasteiger partial charge in [-0.2, -0.15) is 0 Å². The van der Waals surface area contributed by atoms with Gasteiger partial charge >= 0.3 is 0 Å². The Balaban J connectivity index is 2.19. The van der Waals surface area contributed by atoms with Crippen molar-refractivity contribution >= 4 is 12.2 Å². The van der Waals surface area contributed by atoms with Crippen molar-refractivity contribution in [1.29, 1.82) is 0 Å². The summed E-state index contributed by atoms with van der Waals surface area (Å²) in [7, 11) is 1.91. The van der Waals surface area contributed by atoms with Gasteiger partial charge in [0.15, 0.2) is 0 Å². The Morgan fingerprint density at radius 3 is 3.07 bits per heavy atom. The topological polar surface area (TPSA) is 40.0 Å². The second-order valence-corrected chi connectivity index (χ2v) is 3.33. The molecule has 74 valence electrons. The fraction of sp³-hybridized carbons (Fsp3) is 0.0909. The molecule has 3 aliphatic heterocycles. The van der Waals surface area contributed by atoms with Crippen LogP contribution in [-0.2, 0) is 0 Å². The summed E-state index contributed by atoms with van der Waals surface area (Å²) in [4.78, 5) is 10.5.